The van der Waals surface area contributed by atoms with Crippen LogP contribution in [0.5, 0.6) is 0 Å². The summed E-state index contributed by atoms with van der Waals surface area (Å²) in [6.45, 7) is 3.62. The molecule has 17 heavy (non-hydrogen) atoms. The zero-order valence-electron chi connectivity index (χ0n) is 9.93. The highest BCUT2D eigenvalue weighted by Crippen LogP contribution is 2.32. The van der Waals surface area contributed by atoms with Gasteiger partial charge in [0.1, 0.15) is 0 Å². The summed E-state index contributed by atoms with van der Waals surface area (Å²) in [7, 11) is 0. The maximum Gasteiger partial charge on any atom is 0.0682 e. The normalized spacial score (nSPS) is 21.9. The van der Waals surface area contributed by atoms with Gasteiger partial charge in [0.25, 0.3) is 0 Å². The van der Waals surface area contributed by atoms with E-state index in [1.165, 1.54) is 0 Å². The van der Waals surface area contributed by atoms with Crippen molar-refractivity contribution in [2.75, 3.05) is 18.0 Å². The Morgan fingerprint density at radius 2 is 2.29 bits per heavy atom. The Balaban J connectivity index is 2.13. The average Bonchev–Trinajstić information content (AvgIpc) is 2.78. The minimum absolute atomic E-state index is 0.0102. The van der Waals surface area contributed by atoms with Crippen LogP contribution in [0.2, 0.25) is 5.02 Å². The lowest BCUT2D eigenvalue weighted by Gasteiger charge is -2.21. The van der Waals surface area contributed by atoms with Crippen molar-refractivity contribution in [3.05, 3.63) is 28.8 Å². The van der Waals surface area contributed by atoms with Crippen molar-refractivity contribution in [2.45, 2.75) is 26.1 Å². The van der Waals surface area contributed by atoms with Crippen LogP contribution in [0.15, 0.2) is 18.2 Å². The highest BCUT2D eigenvalue weighted by Gasteiger charge is 2.27. The molecule has 1 fully saturated rings. The van der Waals surface area contributed by atoms with Crippen molar-refractivity contribution < 1.29 is 10.2 Å². The highest BCUT2D eigenvalue weighted by atomic mass is 35.5. The van der Waals surface area contributed by atoms with Gasteiger partial charge in [0.15, 0.2) is 0 Å². The van der Waals surface area contributed by atoms with Crippen molar-refractivity contribution in [3.63, 3.8) is 0 Å². The van der Waals surface area contributed by atoms with E-state index in [1.54, 1.807) is 6.07 Å². The van der Waals surface area contributed by atoms with Gasteiger partial charge in [0, 0.05) is 19.0 Å². The van der Waals surface area contributed by atoms with Crippen LogP contribution in [0.4, 0.5) is 5.69 Å². The first-order valence-corrected chi connectivity index (χ1v) is 6.32. The van der Waals surface area contributed by atoms with Gasteiger partial charge in [0.05, 0.1) is 23.4 Å². The van der Waals surface area contributed by atoms with Crippen LogP contribution in [0.25, 0.3) is 0 Å². The second-order valence-corrected chi connectivity index (χ2v) is 5.09. The molecule has 2 N–H and O–H groups in total. The van der Waals surface area contributed by atoms with E-state index in [1.807, 2.05) is 19.1 Å². The molecule has 2 unspecified atom stereocenters. The van der Waals surface area contributed by atoms with Crippen LogP contribution in [-0.4, -0.2) is 29.4 Å². The van der Waals surface area contributed by atoms with Gasteiger partial charge < -0.3 is 15.1 Å². The molecule has 2 atom stereocenters. The molecule has 4 heteroatoms. The Morgan fingerprint density at radius 1 is 1.53 bits per heavy atom. The van der Waals surface area contributed by atoms with E-state index in [0.717, 1.165) is 30.8 Å². The summed E-state index contributed by atoms with van der Waals surface area (Å²) in [5.74, 6) is 0.323. The Morgan fingerprint density at radius 3 is 2.82 bits per heavy atom. The van der Waals surface area contributed by atoms with Gasteiger partial charge in [-0.2, -0.15) is 0 Å². The number of aliphatic hydroxyl groups excluding tert-OH is 2. The molecule has 0 spiro atoms. The second kappa shape index (κ2) is 5.25. The molecule has 1 aromatic carbocycles. The summed E-state index contributed by atoms with van der Waals surface area (Å²) in [6, 6.07) is 5.63. The van der Waals surface area contributed by atoms with Gasteiger partial charge in [-0.1, -0.05) is 17.7 Å². The standard InChI is InChI=1S/C13H18ClNO2/c1-9(17)11-4-5-15(7-11)13-3-2-10(8-16)6-12(13)14/h2-3,6,9,11,16-17H,4-5,7-8H2,1H3. The van der Waals surface area contributed by atoms with Crippen LogP contribution in [0, 0.1) is 5.92 Å². The second-order valence-electron chi connectivity index (χ2n) is 4.68. The molecule has 1 saturated heterocycles. The van der Waals surface area contributed by atoms with Gasteiger partial charge in [0.2, 0.25) is 0 Å². The fraction of sp³-hybridized carbons (Fsp3) is 0.538. The molecule has 0 amide bonds. The number of hydrogen-bond acceptors (Lipinski definition) is 3. The number of benzene rings is 1. The number of nitrogens with zero attached hydrogens (tertiary/aromatic N) is 1. The highest BCUT2D eigenvalue weighted by molar-refractivity contribution is 6.33. The molecule has 0 radical (unpaired) electrons. The van der Waals surface area contributed by atoms with E-state index in [-0.39, 0.29) is 12.7 Å². The third kappa shape index (κ3) is 2.73. The van der Waals surface area contributed by atoms with Gasteiger partial charge in [-0.05, 0) is 31.0 Å². The van der Waals surface area contributed by atoms with Crippen LogP contribution in [-0.2, 0) is 6.61 Å². The molecular weight excluding hydrogens is 238 g/mol. The summed E-state index contributed by atoms with van der Waals surface area (Å²) in [5.41, 5.74) is 1.82. The van der Waals surface area contributed by atoms with Crippen LogP contribution in [0.3, 0.4) is 0 Å². The van der Waals surface area contributed by atoms with E-state index >= 15 is 0 Å². The molecule has 1 heterocycles. The molecule has 0 aromatic heterocycles. The molecular formula is C13H18ClNO2. The Bertz CT molecular complexity index is 395. The van der Waals surface area contributed by atoms with E-state index in [4.69, 9.17) is 16.7 Å². The smallest absolute Gasteiger partial charge is 0.0682 e. The quantitative estimate of drug-likeness (QED) is 0.869. The van der Waals surface area contributed by atoms with Crippen LogP contribution in [0.1, 0.15) is 18.9 Å². The summed E-state index contributed by atoms with van der Waals surface area (Å²) >= 11 is 6.20. The predicted octanol–water partition coefficient (Wildman–Crippen LogP) is 2.04. The molecule has 0 aliphatic carbocycles. The molecule has 94 valence electrons. The van der Waals surface area contributed by atoms with Crippen molar-refractivity contribution in [2.24, 2.45) is 5.92 Å². The molecule has 1 aromatic rings. The lowest BCUT2D eigenvalue weighted by atomic mass is 10.0. The molecule has 1 aliphatic rings. The number of aliphatic hydroxyl groups is 2. The molecule has 0 bridgehead atoms. The van der Waals surface area contributed by atoms with Crippen molar-refractivity contribution in [1.82, 2.24) is 0 Å². The van der Waals surface area contributed by atoms with E-state index < -0.39 is 0 Å². The number of hydrogen-bond donors (Lipinski definition) is 2. The third-order valence-electron chi connectivity index (χ3n) is 3.44. The van der Waals surface area contributed by atoms with Crippen LogP contribution < -0.4 is 4.90 Å². The van der Waals surface area contributed by atoms with Crippen molar-refractivity contribution in [1.29, 1.82) is 0 Å². The maximum absolute atomic E-state index is 9.58. The third-order valence-corrected chi connectivity index (χ3v) is 3.75. The average molecular weight is 256 g/mol. The SMILES string of the molecule is CC(O)C1CCN(c2ccc(CO)cc2Cl)C1. The Hall–Kier alpha value is -0.770. The zero-order valence-corrected chi connectivity index (χ0v) is 10.7. The number of rotatable bonds is 3. The fourth-order valence-corrected chi connectivity index (χ4v) is 2.63. The fourth-order valence-electron chi connectivity index (χ4n) is 2.31. The van der Waals surface area contributed by atoms with E-state index in [0.29, 0.717) is 10.9 Å². The number of halogens is 1. The molecule has 0 saturated carbocycles. The van der Waals surface area contributed by atoms with Gasteiger partial charge >= 0.3 is 0 Å². The monoisotopic (exact) mass is 255 g/mol. The first-order valence-electron chi connectivity index (χ1n) is 5.94. The Labute approximate surface area is 107 Å². The zero-order chi connectivity index (χ0) is 12.4. The molecule has 1 aliphatic heterocycles. The van der Waals surface area contributed by atoms with Crippen molar-refractivity contribution in [3.8, 4) is 0 Å². The topological polar surface area (TPSA) is 43.7 Å². The molecule has 3 nitrogen and oxygen atoms in total. The largest absolute Gasteiger partial charge is 0.393 e. The Kier molecular flexibility index (Phi) is 3.92. The summed E-state index contributed by atoms with van der Waals surface area (Å²) in [5, 5.41) is 19.3. The predicted molar refractivity (Wildman–Crippen MR) is 69.4 cm³/mol. The number of anilines is 1. The van der Waals surface area contributed by atoms with E-state index in [9.17, 15) is 5.11 Å². The van der Waals surface area contributed by atoms with E-state index in [2.05, 4.69) is 4.90 Å². The van der Waals surface area contributed by atoms with Gasteiger partial charge in [-0.15, -0.1) is 0 Å². The van der Waals surface area contributed by atoms with Gasteiger partial charge in [-0.3, -0.25) is 0 Å². The van der Waals surface area contributed by atoms with Gasteiger partial charge in [-0.25, -0.2) is 0 Å². The van der Waals surface area contributed by atoms with Crippen molar-refractivity contribution >= 4 is 17.3 Å². The summed E-state index contributed by atoms with van der Waals surface area (Å²) in [4.78, 5) is 2.20. The summed E-state index contributed by atoms with van der Waals surface area (Å²) in [6.07, 6.45) is 0.728. The summed E-state index contributed by atoms with van der Waals surface area (Å²) < 4.78 is 0. The minimum atomic E-state index is -0.268. The maximum atomic E-state index is 9.58. The minimum Gasteiger partial charge on any atom is -0.393 e. The first-order chi connectivity index (χ1) is 8.11. The molecule has 2 rings (SSSR count). The first kappa shape index (κ1) is 12.7. The lowest BCUT2D eigenvalue weighted by molar-refractivity contribution is 0.136. The lowest BCUT2D eigenvalue weighted by Crippen LogP contribution is -2.24. The van der Waals surface area contributed by atoms with Crippen LogP contribution >= 0.6 is 11.6 Å².